The van der Waals surface area contributed by atoms with Crippen LogP contribution in [0.2, 0.25) is 0 Å². The van der Waals surface area contributed by atoms with Crippen LogP contribution in [0.15, 0.2) is 18.2 Å². The Morgan fingerprint density at radius 1 is 1.05 bits per heavy atom. The van der Waals surface area contributed by atoms with Gasteiger partial charge in [0.2, 0.25) is 0 Å². The zero-order valence-corrected chi connectivity index (χ0v) is 9.15. The van der Waals surface area contributed by atoms with E-state index in [9.17, 15) is 30.7 Å². The summed E-state index contributed by atoms with van der Waals surface area (Å²) in [5.74, 6) is -5.11. The molecule has 1 rings (SSSR count). The lowest BCUT2D eigenvalue weighted by Gasteiger charge is -2.17. The molecule has 0 amide bonds. The van der Waals surface area contributed by atoms with E-state index in [1.54, 1.807) is 0 Å². The maximum Gasteiger partial charge on any atom is 0.416 e. The van der Waals surface area contributed by atoms with Crippen molar-refractivity contribution in [3.8, 4) is 5.75 Å². The molecular weight excluding hydrogens is 283 g/mol. The van der Waals surface area contributed by atoms with Crippen LogP contribution in [0.3, 0.4) is 0 Å². The summed E-state index contributed by atoms with van der Waals surface area (Å²) >= 11 is 0. The molecule has 0 aliphatic heterocycles. The summed E-state index contributed by atoms with van der Waals surface area (Å²) in [5.41, 5.74) is 3.54. The number of benzene rings is 1. The summed E-state index contributed by atoms with van der Waals surface area (Å²) in [6, 6.07) is 1.80. The van der Waals surface area contributed by atoms with Crippen LogP contribution in [-0.4, -0.2) is 19.0 Å². The summed E-state index contributed by atoms with van der Waals surface area (Å²) < 4.78 is 90.1. The van der Waals surface area contributed by atoms with Crippen LogP contribution >= 0.6 is 0 Å². The first kappa shape index (κ1) is 15.4. The first-order chi connectivity index (χ1) is 8.52. The second kappa shape index (κ2) is 5.14. The summed E-state index contributed by atoms with van der Waals surface area (Å²) in [6.07, 6.45) is -8.73. The molecule has 0 bridgehead atoms. The number of anilines is 1. The van der Waals surface area contributed by atoms with E-state index in [1.807, 2.05) is 0 Å². The van der Waals surface area contributed by atoms with Gasteiger partial charge in [0, 0.05) is 11.8 Å². The second-order valence-electron chi connectivity index (χ2n) is 3.64. The van der Waals surface area contributed by atoms with Gasteiger partial charge in [0.15, 0.2) is 6.61 Å². The second-order valence-corrected chi connectivity index (χ2v) is 3.64. The fraction of sp³-hybridized carbons (Fsp3) is 0.400. The van der Waals surface area contributed by atoms with Gasteiger partial charge in [-0.1, -0.05) is 0 Å². The molecule has 0 aliphatic rings. The molecule has 0 heterocycles. The van der Waals surface area contributed by atoms with Crippen LogP contribution in [0.5, 0.6) is 5.75 Å². The molecule has 9 heteroatoms. The Morgan fingerprint density at radius 3 is 2.11 bits per heavy atom. The van der Waals surface area contributed by atoms with Gasteiger partial charge in [-0.05, 0) is 12.1 Å². The fourth-order valence-corrected chi connectivity index (χ4v) is 1.11. The Balaban J connectivity index is 2.88. The van der Waals surface area contributed by atoms with Gasteiger partial charge in [-0.2, -0.15) is 22.0 Å². The van der Waals surface area contributed by atoms with Crippen molar-refractivity contribution in [2.24, 2.45) is 0 Å². The van der Waals surface area contributed by atoms with Gasteiger partial charge in [-0.25, -0.2) is 8.78 Å². The maximum absolute atomic E-state index is 12.5. The van der Waals surface area contributed by atoms with Crippen LogP contribution in [0, 0.1) is 0 Å². The largest absolute Gasteiger partial charge is 0.487 e. The summed E-state index contributed by atoms with van der Waals surface area (Å²) in [6.45, 7) is -1.74. The van der Waals surface area contributed by atoms with E-state index in [0.29, 0.717) is 12.1 Å². The molecule has 0 saturated carbocycles. The molecule has 2 N–H and O–H groups in total. The van der Waals surface area contributed by atoms with E-state index in [2.05, 4.69) is 4.74 Å². The number of alkyl halides is 7. The van der Waals surface area contributed by atoms with Crippen molar-refractivity contribution in [3.63, 3.8) is 0 Å². The van der Waals surface area contributed by atoms with E-state index in [1.165, 1.54) is 0 Å². The summed E-state index contributed by atoms with van der Waals surface area (Å²) in [5, 5.41) is 0. The summed E-state index contributed by atoms with van der Waals surface area (Å²) in [7, 11) is 0. The maximum atomic E-state index is 12.5. The molecule has 0 radical (unpaired) electrons. The number of hydrogen-bond donors (Lipinski definition) is 1. The average molecular weight is 291 g/mol. The van der Waals surface area contributed by atoms with E-state index < -0.39 is 36.4 Å². The Bertz CT molecular complexity index is 444. The van der Waals surface area contributed by atoms with Crippen LogP contribution in [0.4, 0.5) is 36.4 Å². The number of nitrogen functional groups attached to an aromatic ring is 1. The molecule has 0 unspecified atom stereocenters. The van der Waals surface area contributed by atoms with Crippen LogP contribution < -0.4 is 10.5 Å². The molecule has 0 saturated heterocycles. The number of nitrogens with two attached hydrogens (primary N) is 1. The zero-order chi connectivity index (χ0) is 14.8. The topological polar surface area (TPSA) is 35.2 Å². The van der Waals surface area contributed by atoms with E-state index >= 15 is 0 Å². The van der Waals surface area contributed by atoms with Gasteiger partial charge in [0.25, 0.3) is 0 Å². The molecule has 19 heavy (non-hydrogen) atoms. The van der Waals surface area contributed by atoms with Crippen molar-refractivity contribution in [2.75, 3.05) is 12.3 Å². The minimum absolute atomic E-state index is 0.384. The van der Waals surface area contributed by atoms with Crippen molar-refractivity contribution >= 4 is 5.69 Å². The normalized spacial score (nSPS) is 12.8. The summed E-state index contributed by atoms with van der Waals surface area (Å²) in [4.78, 5) is 0. The van der Waals surface area contributed by atoms with Gasteiger partial charge in [-0.15, -0.1) is 0 Å². The van der Waals surface area contributed by atoms with Gasteiger partial charge in [-0.3, -0.25) is 0 Å². The number of rotatable bonds is 4. The van der Waals surface area contributed by atoms with Crippen molar-refractivity contribution in [3.05, 3.63) is 23.8 Å². The molecule has 0 fully saturated rings. The fourth-order valence-electron chi connectivity index (χ4n) is 1.11. The zero-order valence-electron chi connectivity index (χ0n) is 9.15. The molecular formula is C10H8F7NO. The minimum Gasteiger partial charge on any atom is -0.487 e. The van der Waals surface area contributed by atoms with Crippen LogP contribution in [0.1, 0.15) is 5.56 Å². The van der Waals surface area contributed by atoms with Gasteiger partial charge < -0.3 is 10.5 Å². The Kier molecular flexibility index (Phi) is 4.16. The molecule has 0 aromatic heterocycles. The van der Waals surface area contributed by atoms with Crippen LogP contribution in [0.25, 0.3) is 0 Å². The quantitative estimate of drug-likeness (QED) is 0.680. The first-order valence-electron chi connectivity index (χ1n) is 4.79. The highest BCUT2D eigenvalue weighted by Crippen LogP contribution is 2.34. The number of halogens is 7. The molecule has 108 valence electrons. The monoisotopic (exact) mass is 291 g/mol. The van der Waals surface area contributed by atoms with Gasteiger partial charge in [0.1, 0.15) is 5.75 Å². The lowest BCUT2D eigenvalue weighted by atomic mass is 10.2. The Morgan fingerprint density at radius 2 is 1.63 bits per heavy atom. The smallest absolute Gasteiger partial charge is 0.416 e. The predicted octanol–water partition coefficient (Wildman–Crippen LogP) is 3.57. The minimum atomic E-state index is -4.75. The molecule has 0 aliphatic carbocycles. The Hall–Kier alpha value is -1.67. The van der Waals surface area contributed by atoms with E-state index in [-0.39, 0.29) is 5.69 Å². The van der Waals surface area contributed by atoms with Crippen molar-refractivity contribution in [1.29, 1.82) is 0 Å². The van der Waals surface area contributed by atoms with Crippen molar-refractivity contribution < 1.29 is 35.5 Å². The lowest BCUT2D eigenvalue weighted by molar-refractivity contribution is -0.148. The van der Waals surface area contributed by atoms with Crippen molar-refractivity contribution in [2.45, 2.75) is 18.5 Å². The van der Waals surface area contributed by atoms with Crippen molar-refractivity contribution in [1.82, 2.24) is 0 Å². The van der Waals surface area contributed by atoms with Crippen LogP contribution in [-0.2, 0) is 6.18 Å². The highest BCUT2D eigenvalue weighted by Gasteiger charge is 2.42. The SMILES string of the molecule is Nc1cc(OCC(F)(F)C(F)F)cc(C(F)(F)F)c1. The highest BCUT2D eigenvalue weighted by atomic mass is 19.4. The molecule has 1 aromatic carbocycles. The highest BCUT2D eigenvalue weighted by molar-refractivity contribution is 5.48. The van der Waals surface area contributed by atoms with E-state index in [0.717, 1.165) is 6.07 Å². The lowest BCUT2D eigenvalue weighted by Crippen LogP contribution is -2.33. The van der Waals surface area contributed by atoms with Gasteiger partial charge >= 0.3 is 18.5 Å². The third kappa shape index (κ3) is 4.18. The van der Waals surface area contributed by atoms with E-state index in [4.69, 9.17) is 5.73 Å². The average Bonchev–Trinajstić information content (AvgIpc) is 2.24. The Labute approximate surface area is 103 Å². The third-order valence-corrected chi connectivity index (χ3v) is 2.01. The standard InChI is InChI=1S/C10H8F7NO/c11-8(12)9(13,14)4-19-7-2-5(10(15,16)17)1-6(18)3-7/h1-3,8H,4,18H2. The molecule has 0 atom stereocenters. The predicted molar refractivity (Wildman–Crippen MR) is 52.3 cm³/mol. The van der Waals surface area contributed by atoms with Gasteiger partial charge in [0.05, 0.1) is 5.56 Å². The number of ether oxygens (including phenoxy) is 1. The third-order valence-electron chi connectivity index (χ3n) is 2.01. The number of hydrogen-bond acceptors (Lipinski definition) is 2. The molecule has 0 spiro atoms. The first-order valence-corrected chi connectivity index (χ1v) is 4.79. The molecule has 2 nitrogen and oxygen atoms in total. The molecule has 1 aromatic rings.